The summed E-state index contributed by atoms with van der Waals surface area (Å²) in [5, 5.41) is 2.16. The molecule has 0 unspecified atom stereocenters. The topological polar surface area (TPSA) is 72.5 Å². The van der Waals surface area contributed by atoms with Crippen LogP contribution in [0.5, 0.6) is 0 Å². The maximum Gasteiger partial charge on any atom is 0.408 e. The largest absolute Gasteiger partial charge is 0.450 e. The van der Waals surface area contributed by atoms with E-state index in [0.717, 1.165) is 0 Å². The number of Topliss-reactive ketones (excluding diaryl/α,β-unsaturated/α-hetero) is 2. The van der Waals surface area contributed by atoms with E-state index in [2.05, 4.69) is 10.1 Å². The SMILES string of the molecule is CCOC(=O)NC(C(C)=O)C(C)=O. The number of carbonyl (C=O) groups is 3. The molecule has 0 spiro atoms. The van der Waals surface area contributed by atoms with Crippen molar-refractivity contribution < 1.29 is 19.1 Å². The van der Waals surface area contributed by atoms with E-state index >= 15 is 0 Å². The van der Waals surface area contributed by atoms with Gasteiger partial charge in [0.2, 0.25) is 0 Å². The van der Waals surface area contributed by atoms with E-state index in [1.165, 1.54) is 13.8 Å². The van der Waals surface area contributed by atoms with Gasteiger partial charge in [-0.05, 0) is 20.8 Å². The van der Waals surface area contributed by atoms with Gasteiger partial charge in [-0.25, -0.2) is 4.79 Å². The average Bonchev–Trinajstić information content (AvgIpc) is 1.99. The third-order valence-corrected chi connectivity index (χ3v) is 1.35. The summed E-state index contributed by atoms with van der Waals surface area (Å²) in [6, 6.07) is -1.08. The molecule has 0 atom stereocenters. The van der Waals surface area contributed by atoms with Gasteiger partial charge in [-0.2, -0.15) is 0 Å². The molecule has 0 fully saturated rings. The summed E-state index contributed by atoms with van der Waals surface area (Å²) in [5.74, 6) is -0.805. The van der Waals surface area contributed by atoms with Crippen molar-refractivity contribution in [3.8, 4) is 0 Å². The zero-order valence-electron chi connectivity index (χ0n) is 7.92. The van der Waals surface area contributed by atoms with E-state index in [1.807, 2.05) is 0 Å². The number of amides is 1. The highest BCUT2D eigenvalue weighted by atomic mass is 16.5. The summed E-state index contributed by atoms with van der Waals surface area (Å²) in [4.78, 5) is 32.5. The van der Waals surface area contributed by atoms with Crippen LogP contribution in [-0.2, 0) is 14.3 Å². The molecule has 1 N–H and O–H groups in total. The molecule has 1 amide bonds. The predicted octanol–water partition coefficient (Wildman–Crippen LogP) is 0.279. The Morgan fingerprint density at radius 3 is 2.00 bits per heavy atom. The number of ketones is 2. The summed E-state index contributed by atoms with van der Waals surface area (Å²) < 4.78 is 4.52. The lowest BCUT2D eigenvalue weighted by Crippen LogP contribution is -2.44. The van der Waals surface area contributed by atoms with Crippen molar-refractivity contribution in [1.29, 1.82) is 0 Å². The highest BCUT2D eigenvalue weighted by Crippen LogP contribution is 1.90. The Balaban J connectivity index is 4.19. The first-order chi connectivity index (χ1) is 5.99. The maximum atomic E-state index is 10.8. The molecule has 0 rings (SSSR count). The minimum Gasteiger partial charge on any atom is -0.450 e. The number of hydrogen-bond donors (Lipinski definition) is 1. The first kappa shape index (κ1) is 11.6. The van der Waals surface area contributed by atoms with Gasteiger partial charge in [0, 0.05) is 0 Å². The number of hydrogen-bond acceptors (Lipinski definition) is 4. The Morgan fingerprint density at radius 2 is 1.69 bits per heavy atom. The Kier molecular flexibility index (Phi) is 4.72. The third kappa shape index (κ3) is 4.25. The minimum atomic E-state index is -1.08. The molecule has 0 aliphatic heterocycles. The monoisotopic (exact) mass is 187 g/mol. The van der Waals surface area contributed by atoms with Gasteiger partial charge in [-0.1, -0.05) is 0 Å². The molecule has 13 heavy (non-hydrogen) atoms. The van der Waals surface area contributed by atoms with Crippen molar-refractivity contribution in [1.82, 2.24) is 5.32 Å². The molecule has 5 heteroatoms. The number of nitrogens with one attached hydrogen (secondary N) is 1. The first-order valence-electron chi connectivity index (χ1n) is 3.93. The second-order valence-electron chi connectivity index (χ2n) is 2.52. The molecule has 0 aromatic rings. The smallest absolute Gasteiger partial charge is 0.408 e. The molecule has 0 aromatic heterocycles. The van der Waals surface area contributed by atoms with Crippen LogP contribution < -0.4 is 5.32 Å². The van der Waals surface area contributed by atoms with Gasteiger partial charge in [-0.3, -0.25) is 9.59 Å². The first-order valence-corrected chi connectivity index (χ1v) is 3.93. The normalized spacial score (nSPS) is 9.54. The highest BCUT2D eigenvalue weighted by Gasteiger charge is 2.21. The van der Waals surface area contributed by atoms with Crippen LogP contribution in [0.3, 0.4) is 0 Å². The lowest BCUT2D eigenvalue weighted by Gasteiger charge is -2.11. The van der Waals surface area contributed by atoms with Gasteiger partial charge in [0.25, 0.3) is 0 Å². The molecule has 0 heterocycles. The van der Waals surface area contributed by atoms with Gasteiger partial charge < -0.3 is 10.1 Å². The van der Waals surface area contributed by atoms with Crippen LogP contribution in [0, 0.1) is 0 Å². The van der Waals surface area contributed by atoms with Gasteiger partial charge in [0.1, 0.15) is 6.04 Å². The maximum absolute atomic E-state index is 10.8. The third-order valence-electron chi connectivity index (χ3n) is 1.35. The summed E-state index contributed by atoms with van der Waals surface area (Å²) in [7, 11) is 0. The van der Waals surface area contributed by atoms with E-state index in [0.29, 0.717) is 0 Å². The molecule has 0 bridgehead atoms. The predicted molar refractivity (Wildman–Crippen MR) is 45.3 cm³/mol. The minimum absolute atomic E-state index is 0.203. The fourth-order valence-corrected chi connectivity index (χ4v) is 0.780. The van der Waals surface area contributed by atoms with Crippen molar-refractivity contribution >= 4 is 17.7 Å². The highest BCUT2D eigenvalue weighted by molar-refractivity contribution is 6.06. The Labute approximate surface area is 76.4 Å². The Bertz CT molecular complexity index is 210. The Hall–Kier alpha value is -1.39. The molecule has 74 valence electrons. The number of ether oxygens (including phenoxy) is 1. The van der Waals surface area contributed by atoms with Crippen molar-refractivity contribution in [3.63, 3.8) is 0 Å². The molecule has 0 radical (unpaired) electrons. The molecule has 0 saturated heterocycles. The molecule has 0 aliphatic rings. The van der Waals surface area contributed by atoms with Crippen LogP contribution in [0.2, 0.25) is 0 Å². The van der Waals surface area contributed by atoms with Crippen LogP contribution in [0.1, 0.15) is 20.8 Å². The van der Waals surface area contributed by atoms with E-state index in [1.54, 1.807) is 6.92 Å². The lowest BCUT2D eigenvalue weighted by molar-refractivity contribution is -0.127. The van der Waals surface area contributed by atoms with Crippen LogP contribution in [0.25, 0.3) is 0 Å². The van der Waals surface area contributed by atoms with Crippen LogP contribution in [0.15, 0.2) is 0 Å². The zero-order chi connectivity index (χ0) is 10.4. The molecule has 0 aliphatic carbocycles. The van der Waals surface area contributed by atoms with E-state index < -0.39 is 23.7 Å². The number of carbonyl (C=O) groups excluding carboxylic acids is 3. The van der Waals surface area contributed by atoms with Crippen LogP contribution in [-0.4, -0.2) is 30.3 Å². The molecular formula is C8H13NO4. The standard InChI is InChI=1S/C8H13NO4/c1-4-13-8(12)9-7(5(2)10)6(3)11/h7H,4H2,1-3H3,(H,9,12). The van der Waals surface area contributed by atoms with Gasteiger partial charge in [0.15, 0.2) is 11.6 Å². The van der Waals surface area contributed by atoms with Gasteiger partial charge in [-0.15, -0.1) is 0 Å². The molecule has 5 nitrogen and oxygen atoms in total. The summed E-state index contributed by atoms with van der Waals surface area (Å²) in [6.45, 7) is 4.31. The fraction of sp³-hybridized carbons (Fsp3) is 0.625. The van der Waals surface area contributed by atoms with E-state index in [4.69, 9.17) is 0 Å². The van der Waals surface area contributed by atoms with E-state index in [-0.39, 0.29) is 6.61 Å². The van der Waals surface area contributed by atoms with Crippen molar-refractivity contribution in [2.45, 2.75) is 26.8 Å². The molecule has 0 saturated carbocycles. The van der Waals surface area contributed by atoms with Gasteiger partial charge >= 0.3 is 6.09 Å². The van der Waals surface area contributed by atoms with Gasteiger partial charge in [0.05, 0.1) is 6.61 Å². The van der Waals surface area contributed by atoms with Crippen molar-refractivity contribution in [3.05, 3.63) is 0 Å². The zero-order valence-corrected chi connectivity index (χ0v) is 7.92. The van der Waals surface area contributed by atoms with Crippen molar-refractivity contribution in [2.24, 2.45) is 0 Å². The summed E-state index contributed by atoms with van der Waals surface area (Å²) in [6.07, 6.45) is -0.752. The second-order valence-corrected chi connectivity index (χ2v) is 2.52. The number of alkyl carbamates (subject to hydrolysis) is 1. The van der Waals surface area contributed by atoms with Crippen LogP contribution >= 0.6 is 0 Å². The molecular weight excluding hydrogens is 174 g/mol. The average molecular weight is 187 g/mol. The van der Waals surface area contributed by atoms with Crippen LogP contribution in [0.4, 0.5) is 4.79 Å². The lowest BCUT2D eigenvalue weighted by atomic mass is 10.1. The van der Waals surface area contributed by atoms with E-state index in [9.17, 15) is 14.4 Å². The Morgan fingerprint density at radius 1 is 1.23 bits per heavy atom. The summed E-state index contributed by atoms with van der Waals surface area (Å²) >= 11 is 0. The fourth-order valence-electron chi connectivity index (χ4n) is 0.780. The second kappa shape index (κ2) is 5.29. The molecule has 0 aromatic carbocycles. The van der Waals surface area contributed by atoms with Crippen molar-refractivity contribution in [2.75, 3.05) is 6.61 Å². The number of rotatable bonds is 4. The summed E-state index contributed by atoms with van der Waals surface area (Å²) in [5.41, 5.74) is 0. The quantitative estimate of drug-likeness (QED) is 0.641.